The minimum absolute atomic E-state index is 0.999. The zero-order chi connectivity index (χ0) is 9.26. The molecule has 2 rings (SSSR count). The lowest BCUT2D eigenvalue weighted by molar-refractivity contribution is 1.08. The van der Waals surface area contributed by atoms with Gasteiger partial charge in [0.25, 0.3) is 0 Å². The van der Waals surface area contributed by atoms with Crippen LogP contribution in [0.3, 0.4) is 0 Å². The Balaban J connectivity index is 2.62. The van der Waals surface area contributed by atoms with Crippen LogP contribution in [0.4, 0.5) is 5.82 Å². The summed E-state index contributed by atoms with van der Waals surface area (Å²) in [6.07, 6.45) is 0. The molecule has 0 spiro atoms. The highest BCUT2D eigenvalue weighted by Gasteiger charge is 1.97. The number of fused-ring (bicyclic) bond motifs is 1. The fourth-order valence-corrected chi connectivity index (χ4v) is 1.30. The molecule has 66 valence electrons. The molecule has 0 saturated heterocycles. The highest BCUT2D eigenvalue weighted by atomic mass is 15.1. The first-order valence-electron chi connectivity index (χ1n) is 4.30. The van der Waals surface area contributed by atoms with E-state index in [4.69, 9.17) is 0 Å². The Bertz CT molecular complexity index is 421. The smallest absolute Gasteiger partial charge is 0.128 e. The van der Waals surface area contributed by atoms with E-state index in [-0.39, 0.29) is 0 Å². The van der Waals surface area contributed by atoms with Crippen molar-refractivity contribution in [2.45, 2.75) is 0 Å². The van der Waals surface area contributed by atoms with Crippen LogP contribution in [0, 0.1) is 0 Å². The lowest BCUT2D eigenvalue weighted by atomic mass is 10.2. The third-order valence-electron chi connectivity index (χ3n) is 2.04. The SMILES string of the molecule is CN(C)c1ccc2ccccc2n1. The van der Waals surface area contributed by atoms with Gasteiger partial charge >= 0.3 is 0 Å². The quantitative estimate of drug-likeness (QED) is 0.656. The number of aromatic nitrogens is 1. The molecule has 1 aromatic carbocycles. The molecule has 2 aromatic rings. The van der Waals surface area contributed by atoms with Gasteiger partial charge in [0.05, 0.1) is 5.52 Å². The van der Waals surface area contributed by atoms with Crippen LogP contribution in [0.5, 0.6) is 0 Å². The summed E-state index contributed by atoms with van der Waals surface area (Å²) in [5, 5.41) is 1.19. The Labute approximate surface area is 77.8 Å². The standard InChI is InChI=1S/C11H12N2/c1-13(2)11-8-7-9-5-3-4-6-10(9)12-11/h3-8H,1-2H3. The number of benzene rings is 1. The highest BCUT2D eigenvalue weighted by Crippen LogP contribution is 2.15. The molecular formula is C11H12N2. The largest absolute Gasteiger partial charge is 0.363 e. The van der Waals surface area contributed by atoms with Crippen molar-refractivity contribution in [3.63, 3.8) is 0 Å². The van der Waals surface area contributed by atoms with Gasteiger partial charge in [0.2, 0.25) is 0 Å². The number of rotatable bonds is 1. The average Bonchev–Trinajstić information content (AvgIpc) is 2.17. The number of hydrogen-bond acceptors (Lipinski definition) is 2. The van der Waals surface area contributed by atoms with E-state index in [2.05, 4.69) is 17.1 Å². The van der Waals surface area contributed by atoms with Gasteiger partial charge in [-0.25, -0.2) is 4.98 Å². The fraction of sp³-hybridized carbons (Fsp3) is 0.182. The van der Waals surface area contributed by atoms with Crippen molar-refractivity contribution in [3.8, 4) is 0 Å². The summed E-state index contributed by atoms with van der Waals surface area (Å²) in [6.45, 7) is 0. The van der Waals surface area contributed by atoms with Crippen molar-refractivity contribution < 1.29 is 0 Å². The molecule has 0 aliphatic carbocycles. The summed E-state index contributed by atoms with van der Waals surface area (Å²) in [5.74, 6) is 0.999. The highest BCUT2D eigenvalue weighted by molar-refractivity contribution is 5.80. The maximum absolute atomic E-state index is 4.50. The van der Waals surface area contributed by atoms with E-state index in [0.717, 1.165) is 11.3 Å². The molecule has 0 N–H and O–H groups in total. The molecular weight excluding hydrogens is 160 g/mol. The number of pyridine rings is 1. The number of nitrogens with zero attached hydrogens (tertiary/aromatic N) is 2. The van der Waals surface area contributed by atoms with Crippen molar-refractivity contribution in [1.82, 2.24) is 4.98 Å². The van der Waals surface area contributed by atoms with Gasteiger partial charge in [0.1, 0.15) is 5.82 Å². The Morgan fingerprint density at radius 2 is 1.77 bits per heavy atom. The summed E-state index contributed by atoms with van der Waals surface area (Å²) in [6, 6.07) is 12.3. The van der Waals surface area contributed by atoms with E-state index >= 15 is 0 Å². The van der Waals surface area contributed by atoms with Gasteiger partial charge in [-0.1, -0.05) is 18.2 Å². The molecule has 0 fully saturated rings. The summed E-state index contributed by atoms with van der Waals surface area (Å²) in [5.41, 5.74) is 1.05. The predicted octanol–water partition coefficient (Wildman–Crippen LogP) is 2.30. The zero-order valence-corrected chi connectivity index (χ0v) is 7.86. The molecule has 0 aliphatic heterocycles. The molecule has 1 aromatic heterocycles. The van der Waals surface area contributed by atoms with Crippen LogP contribution in [-0.4, -0.2) is 19.1 Å². The van der Waals surface area contributed by atoms with Crippen LogP contribution in [0.15, 0.2) is 36.4 Å². The minimum atomic E-state index is 0.999. The van der Waals surface area contributed by atoms with Gasteiger partial charge in [-0.05, 0) is 18.2 Å². The van der Waals surface area contributed by atoms with Crippen LogP contribution < -0.4 is 4.90 Å². The van der Waals surface area contributed by atoms with Gasteiger partial charge in [-0.2, -0.15) is 0 Å². The van der Waals surface area contributed by atoms with Crippen molar-refractivity contribution in [2.75, 3.05) is 19.0 Å². The van der Waals surface area contributed by atoms with Gasteiger partial charge < -0.3 is 4.90 Å². The van der Waals surface area contributed by atoms with Crippen molar-refractivity contribution in [1.29, 1.82) is 0 Å². The van der Waals surface area contributed by atoms with Crippen LogP contribution in [-0.2, 0) is 0 Å². The van der Waals surface area contributed by atoms with Crippen molar-refractivity contribution >= 4 is 16.7 Å². The van der Waals surface area contributed by atoms with Gasteiger partial charge in [-0.3, -0.25) is 0 Å². The predicted molar refractivity (Wildman–Crippen MR) is 56.1 cm³/mol. The van der Waals surface area contributed by atoms with Gasteiger partial charge in [0.15, 0.2) is 0 Å². The topological polar surface area (TPSA) is 16.1 Å². The first-order chi connectivity index (χ1) is 6.27. The van der Waals surface area contributed by atoms with Gasteiger partial charge in [0, 0.05) is 19.5 Å². The average molecular weight is 172 g/mol. The number of hydrogen-bond donors (Lipinski definition) is 0. The molecule has 2 nitrogen and oxygen atoms in total. The van der Waals surface area contributed by atoms with E-state index in [0.29, 0.717) is 0 Å². The summed E-state index contributed by atoms with van der Waals surface area (Å²) in [7, 11) is 3.99. The Morgan fingerprint density at radius 3 is 2.54 bits per heavy atom. The third kappa shape index (κ3) is 1.47. The first-order valence-corrected chi connectivity index (χ1v) is 4.30. The molecule has 0 unspecified atom stereocenters. The second kappa shape index (κ2) is 3.05. The molecule has 0 atom stereocenters. The van der Waals surface area contributed by atoms with E-state index in [1.165, 1.54) is 5.39 Å². The summed E-state index contributed by atoms with van der Waals surface area (Å²) in [4.78, 5) is 6.51. The minimum Gasteiger partial charge on any atom is -0.363 e. The molecule has 13 heavy (non-hydrogen) atoms. The Morgan fingerprint density at radius 1 is 1.00 bits per heavy atom. The second-order valence-corrected chi connectivity index (χ2v) is 3.26. The Kier molecular flexibility index (Phi) is 1.89. The normalized spacial score (nSPS) is 10.3. The van der Waals surface area contributed by atoms with Gasteiger partial charge in [-0.15, -0.1) is 0 Å². The fourth-order valence-electron chi connectivity index (χ4n) is 1.30. The maximum Gasteiger partial charge on any atom is 0.128 e. The third-order valence-corrected chi connectivity index (χ3v) is 2.04. The van der Waals surface area contributed by atoms with E-state index in [9.17, 15) is 0 Å². The molecule has 0 saturated carbocycles. The van der Waals surface area contributed by atoms with E-state index in [1.807, 2.05) is 43.3 Å². The molecule has 1 heterocycles. The Hall–Kier alpha value is -1.57. The molecule has 0 bridgehead atoms. The molecule has 0 aliphatic rings. The summed E-state index contributed by atoms with van der Waals surface area (Å²) < 4.78 is 0. The van der Waals surface area contributed by atoms with Crippen molar-refractivity contribution in [2.24, 2.45) is 0 Å². The molecule has 0 amide bonds. The van der Waals surface area contributed by atoms with E-state index in [1.54, 1.807) is 0 Å². The van der Waals surface area contributed by atoms with Crippen LogP contribution in [0.2, 0.25) is 0 Å². The monoisotopic (exact) mass is 172 g/mol. The maximum atomic E-state index is 4.50. The summed E-state index contributed by atoms with van der Waals surface area (Å²) >= 11 is 0. The van der Waals surface area contributed by atoms with Crippen LogP contribution in [0.25, 0.3) is 10.9 Å². The number of anilines is 1. The lowest BCUT2D eigenvalue weighted by Crippen LogP contribution is -2.10. The number of para-hydroxylation sites is 1. The van der Waals surface area contributed by atoms with Crippen LogP contribution in [0.1, 0.15) is 0 Å². The van der Waals surface area contributed by atoms with Crippen LogP contribution >= 0.6 is 0 Å². The molecule has 0 radical (unpaired) electrons. The second-order valence-electron chi connectivity index (χ2n) is 3.26. The molecule has 2 heteroatoms. The first kappa shape index (κ1) is 8.05. The zero-order valence-electron chi connectivity index (χ0n) is 7.86. The lowest BCUT2D eigenvalue weighted by Gasteiger charge is -2.11. The van der Waals surface area contributed by atoms with E-state index < -0.39 is 0 Å². The van der Waals surface area contributed by atoms with Crippen molar-refractivity contribution in [3.05, 3.63) is 36.4 Å².